The summed E-state index contributed by atoms with van der Waals surface area (Å²) in [6.45, 7) is 21.1. The van der Waals surface area contributed by atoms with Gasteiger partial charge in [-0.1, -0.05) is 45.3 Å². The molecule has 1 amide bonds. The summed E-state index contributed by atoms with van der Waals surface area (Å²) in [5, 5.41) is 14.6. The first-order chi connectivity index (χ1) is 25.0. The highest BCUT2D eigenvalue weighted by Gasteiger charge is 2.46. The van der Waals surface area contributed by atoms with E-state index >= 15 is 0 Å². The van der Waals surface area contributed by atoms with Gasteiger partial charge < -0.3 is 29.1 Å². The van der Waals surface area contributed by atoms with Gasteiger partial charge in [-0.15, -0.1) is 0 Å². The fourth-order valence-electron chi connectivity index (χ4n) is 6.90. The molecule has 0 aromatic carbocycles. The summed E-state index contributed by atoms with van der Waals surface area (Å²) in [5.41, 5.74) is 1.25. The van der Waals surface area contributed by atoms with E-state index in [2.05, 4.69) is 60.2 Å². The molecule has 2 saturated heterocycles. The van der Waals surface area contributed by atoms with Crippen molar-refractivity contribution >= 4 is 49.6 Å². The van der Waals surface area contributed by atoms with Crippen LogP contribution in [0.15, 0.2) is 29.0 Å². The smallest absolute Gasteiger partial charge is 0.420 e. The van der Waals surface area contributed by atoms with Gasteiger partial charge in [0.15, 0.2) is 17.6 Å². The number of halogens is 4. The van der Waals surface area contributed by atoms with Crippen LogP contribution in [0.3, 0.4) is 0 Å². The molecule has 11 nitrogen and oxygen atoms in total. The Hall–Kier alpha value is -2.58. The van der Waals surface area contributed by atoms with Gasteiger partial charge in [0.1, 0.15) is 19.1 Å². The number of carbonyl (C=O) groups is 1. The van der Waals surface area contributed by atoms with Gasteiger partial charge in [-0.05, 0) is 80.5 Å². The second-order valence-corrected chi connectivity index (χ2v) is 30.1. The van der Waals surface area contributed by atoms with Crippen molar-refractivity contribution in [1.29, 1.82) is 0 Å². The summed E-state index contributed by atoms with van der Waals surface area (Å²) in [7, 11) is -2.73. The maximum absolute atomic E-state index is 13.3. The molecular formula is C37H56BrF3N6O5Si2. The summed E-state index contributed by atoms with van der Waals surface area (Å²) in [6.07, 6.45) is -1.78. The molecule has 54 heavy (non-hydrogen) atoms. The maximum Gasteiger partial charge on any atom is 0.420 e. The van der Waals surface area contributed by atoms with Crippen molar-refractivity contribution in [3.8, 4) is 11.1 Å². The van der Waals surface area contributed by atoms with E-state index in [-0.39, 0.29) is 37.6 Å². The van der Waals surface area contributed by atoms with Crippen LogP contribution >= 0.6 is 15.9 Å². The number of hydrogen-bond donors (Lipinski definition) is 1. The third-order valence-electron chi connectivity index (χ3n) is 9.79. The number of ether oxygens (including phenoxy) is 3. The summed E-state index contributed by atoms with van der Waals surface area (Å²) < 4.78 is 60.7. The van der Waals surface area contributed by atoms with Gasteiger partial charge in [0.05, 0.1) is 22.1 Å². The van der Waals surface area contributed by atoms with Crippen molar-refractivity contribution in [1.82, 2.24) is 24.5 Å². The number of alkyl halides is 3. The number of anilines is 1. The Balaban J connectivity index is 1.57. The number of aromatic nitrogens is 4. The first kappa shape index (κ1) is 42.6. The van der Waals surface area contributed by atoms with E-state index in [1.54, 1.807) is 10.7 Å². The first-order valence-electron chi connectivity index (χ1n) is 18.7. The molecule has 1 N–H and O–H groups in total. The normalized spacial score (nSPS) is 20.1. The average Bonchev–Trinajstić information content (AvgIpc) is 3.59. The predicted octanol–water partition coefficient (Wildman–Crippen LogP) is 9.23. The molecule has 5 heterocycles. The lowest BCUT2D eigenvalue weighted by molar-refractivity contribution is -0.207. The van der Waals surface area contributed by atoms with Crippen molar-refractivity contribution < 1.29 is 37.3 Å². The van der Waals surface area contributed by atoms with Crippen molar-refractivity contribution in [2.75, 3.05) is 31.6 Å². The van der Waals surface area contributed by atoms with E-state index in [1.807, 2.05) is 30.6 Å². The fourth-order valence-corrected chi connectivity index (χ4v) is 9.24. The SMILES string of the molecule is CC(C)(C)OC(=O)N1[C@@H]2CC[C@H]1CC(c1nc3c(-c4ccc(C(O)C(F)(F)F)nc4)cnn3c(N(COCC[Si](C)(C)C)COCC[Si](C)(C)C)c1Br)C2. The Kier molecular flexibility index (Phi) is 13.0. The van der Waals surface area contributed by atoms with Gasteiger partial charge in [-0.2, -0.15) is 22.8 Å². The lowest BCUT2D eigenvalue weighted by Gasteiger charge is -2.39. The molecule has 5 rings (SSSR count). The summed E-state index contributed by atoms with van der Waals surface area (Å²) >= 11 is 3.96. The molecule has 0 spiro atoms. The summed E-state index contributed by atoms with van der Waals surface area (Å²) in [6, 6.07) is 4.63. The number of piperidine rings is 1. The Bertz CT molecular complexity index is 1720. The van der Waals surface area contributed by atoms with Gasteiger partial charge in [0.25, 0.3) is 0 Å². The minimum atomic E-state index is -4.84. The number of hydrogen-bond acceptors (Lipinski definition) is 9. The third kappa shape index (κ3) is 10.6. The molecule has 0 radical (unpaired) electrons. The Morgan fingerprint density at radius 3 is 2.04 bits per heavy atom. The van der Waals surface area contributed by atoms with Crippen LogP contribution in [0.25, 0.3) is 16.8 Å². The van der Waals surface area contributed by atoms with Crippen LogP contribution in [0.5, 0.6) is 0 Å². The van der Waals surface area contributed by atoms with Gasteiger partial charge >= 0.3 is 12.3 Å². The van der Waals surface area contributed by atoms with E-state index in [0.717, 1.165) is 35.1 Å². The molecule has 4 atom stereocenters. The van der Waals surface area contributed by atoms with Crippen LogP contribution in [0.2, 0.25) is 51.4 Å². The van der Waals surface area contributed by atoms with Gasteiger partial charge in [-0.25, -0.2) is 9.78 Å². The molecule has 3 aromatic heterocycles. The topological polar surface area (TPSA) is 115 Å². The Morgan fingerprint density at radius 1 is 0.981 bits per heavy atom. The van der Waals surface area contributed by atoms with E-state index in [9.17, 15) is 23.1 Å². The van der Waals surface area contributed by atoms with Gasteiger partial charge in [-0.3, -0.25) is 4.98 Å². The number of rotatable bonds is 14. The molecule has 300 valence electrons. The van der Waals surface area contributed by atoms with Crippen LogP contribution in [0.4, 0.5) is 23.8 Å². The number of carbonyl (C=O) groups excluding carboxylic acids is 1. The lowest BCUT2D eigenvalue weighted by atomic mass is 9.88. The fraction of sp³-hybridized carbons (Fsp3) is 0.676. The second-order valence-electron chi connectivity index (χ2n) is 18.0. The zero-order valence-corrected chi connectivity index (χ0v) is 36.6. The van der Waals surface area contributed by atoms with E-state index < -0.39 is 39.7 Å². The molecular weight excluding hydrogens is 802 g/mol. The standard InChI is InChI=1S/C37H56BrF3N6O5Si2/c1-36(2,3)52-35(49)46-26-11-12-27(46)19-25(18-26)31-30(38)34(45(22-50-14-16-53(4,5)6)23-51-15-17-54(7,8)9)47-33(44-31)28(21-43-47)24-10-13-29(42-20-24)32(48)37(39,40)41/h10,13,20-21,25-27,32,48H,11-12,14-19,22-23H2,1-9H3/t25?,26-,27+,32?. The molecule has 2 fully saturated rings. The number of aliphatic hydroxyl groups excluding tert-OH is 1. The molecule has 2 aliphatic rings. The number of nitrogens with zero attached hydrogens (tertiary/aromatic N) is 6. The Morgan fingerprint density at radius 2 is 1.56 bits per heavy atom. The molecule has 2 bridgehead atoms. The molecule has 2 unspecified atom stereocenters. The quantitative estimate of drug-likeness (QED) is 0.0963. The van der Waals surface area contributed by atoms with Crippen LogP contribution in [-0.4, -0.2) is 102 Å². The Labute approximate surface area is 327 Å². The highest BCUT2D eigenvalue weighted by molar-refractivity contribution is 9.10. The highest BCUT2D eigenvalue weighted by atomic mass is 79.9. The van der Waals surface area contributed by atoms with Crippen LogP contribution < -0.4 is 4.90 Å². The van der Waals surface area contributed by atoms with Crippen LogP contribution in [0.1, 0.15) is 69.9 Å². The number of pyridine rings is 1. The summed E-state index contributed by atoms with van der Waals surface area (Å²) in [4.78, 5) is 26.4. The zero-order chi connectivity index (χ0) is 39.8. The average molecular weight is 858 g/mol. The van der Waals surface area contributed by atoms with E-state index in [1.165, 1.54) is 18.3 Å². The van der Waals surface area contributed by atoms with E-state index in [4.69, 9.17) is 24.3 Å². The number of fused-ring (bicyclic) bond motifs is 3. The van der Waals surface area contributed by atoms with Crippen molar-refractivity contribution in [2.45, 2.75) is 134 Å². The number of aliphatic hydroxyl groups is 1. The predicted molar refractivity (Wildman–Crippen MR) is 212 cm³/mol. The van der Waals surface area contributed by atoms with Crippen LogP contribution in [-0.2, 0) is 14.2 Å². The largest absolute Gasteiger partial charge is 0.444 e. The van der Waals surface area contributed by atoms with E-state index in [0.29, 0.717) is 48.6 Å². The minimum Gasteiger partial charge on any atom is -0.444 e. The van der Waals surface area contributed by atoms with Crippen molar-refractivity contribution in [3.05, 3.63) is 40.4 Å². The first-order valence-corrected chi connectivity index (χ1v) is 26.9. The molecule has 2 aliphatic heterocycles. The maximum atomic E-state index is 13.3. The third-order valence-corrected chi connectivity index (χ3v) is 14.0. The molecule has 17 heteroatoms. The zero-order valence-electron chi connectivity index (χ0n) is 33.0. The van der Waals surface area contributed by atoms with Gasteiger partial charge in [0, 0.05) is 64.7 Å². The summed E-state index contributed by atoms with van der Waals surface area (Å²) in [5.74, 6) is 0.660. The van der Waals surface area contributed by atoms with Crippen molar-refractivity contribution in [3.63, 3.8) is 0 Å². The van der Waals surface area contributed by atoms with Crippen LogP contribution in [0, 0.1) is 0 Å². The monoisotopic (exact) mass is 856 g/mol. The van der Waals surface area contributed by atoms with Crippen molar-refractivity contribution in [2.24, 2.45) is 0 Å². The molecule has 3 aromatic rings. The molecule has 0 saturated carbocycles. The van der Waals surface area contributed by atoms with Gasteiger partial charge in [0.2, 0.25) is 0 Å². The number of amides is 1. The molecule has 0 aliphatic carbocycles. The lowest BCUT2D eigenvalue weighted by Crippen LogP contribution is -2.48. The second kappa shape index (κ2) is 16.5. The minimum absolute atomic E-state index is 0.0101. The highest BCUT2D eigenvalue weighted by Crippen LogP contribution is 2.47.